The van der Waals surface area contributed by atoms with Crippen molar-refractivity contribution in [3.8, 4) is 0 Å². The summed E-state index contributed by atoms with van der Waals surface area (Å²) in [6.07, 6.45) is 5.52. The standard InChI is InChI=1S/C16H17Br2NOS/c17-15-9-12(20-16(15)18)10-19-11-5-7-14(8-6-11)21-13-3-1-2-4-13/h5-9,13,19H,1-4,10H2. The number of thioether (sulfide) groups is 1. The van der Waals surface area contributed by atoms with Crippen LogP contribution in [-0.4, -0.2) is 5.25 Å². The second-order valence-electron chi connectivity index (χ2n) is 5.24. The Hall–Kier alpha value is -0.390. The molecule has 21 heavy (non-hydrogen) atoms. The highest BCUT2D eigenvalue weighted by Crippen LogP contribution is 2.35. The number of hydrogen-bond donors (Lipinski definition) is 1. The molecule has 112 valence electrons. The first-order valence-electron chi connectivity index (χ1n) is 7.15. The molecule has 0 aliphatic heterocycles. The monoisotopic (exact) mass is 429 g/mol. The maximum atomic E-state index is 5.55. The van der Waals surface area contributed by atoms with Gasteiger partial charge < -0.3 is 9.73 Å². The fourth-order valence-corrected chi connectivity index (χ4v) is 4.42. The summed E-state index contributed by atoms with van der Waals surface area (Å²) in [6, 6.07) is 10.7. The van der Waals surface area contributed by atoms with Gasteiger partial charge in [-0.2, -0.15) is 0 Å². The van der Waals surface area contributed by atoms with Gasteiger partial charge in [-0.1, -0.05) is 12.8 Å². The van der Waals surface area contributed by atoms with E-state index in [-0.39, 0.29) is 0 Å². The molecule has 3 rings (SSSR count). The van der Waals surface area contributed by atoms with Gasteiger partial charge in [0.1, 0.15) is 5.76 Å². The average molecular weight is 431 g/mol. The third-order valence-corrected chi connectivity index (χ3v) is 6.68. The van der Waals surface area contributed by atoms with Gasteiger partial charge in [-0.25, -0.2) is 0 Å². The lowest BCUT2D eigenvalue weighted by Crippen LogP contribution is -1.98. The van der Waals surface area contributed by atoms with E-state index in [1.807, 2.05) is 17.8 Å². The van der Waals surface area contributed by atoms with Crippen molar-refractivity contribution >= 4 is 49.3 Å². The predicted octanol–water partition coefficient (Wildman–Crippen LogP) is 6.45. The summed E-state index contributed by atoms with van der Waals surface area (Å²) < 4.78 is 7.24. The number of hydrogen-bond acceptors (Lipinski definition) is 3. The quantitative estimate of drug-likeness (QED) is 0.589. The van der Waals surface area contributed by atoms with Gasteiger partial charge in [0, 0.05) is 15.8 Å². The molecule has 1 saturated carbocycles. The molecular weight excluding hydrogens is 414 g/mol. The van der Waals surface area contributed by atoms with Crippen LogP contribution in [0, 0.1) is 0 Å². The van der Waals surface area contributed by atoms with E-state index < -0.39 is 0 Å². The van der Waals surface area contributed by atoms with Crippen molar-refractivity contribution in [2.75, 3.05) is 5.32 Å². The second-order valence-corrected chi connectivity index (χ2v) is 8.18. The fourth-order valence-electron chi connectivity index (χ4n) is 2.52. The first-order valence-corrected chi connectivity index (χ1v) is 9.61. The third-order valence-electron chi connectivity index (χ3n) is 3.62. The predicted molar refractivity (Wildman–Crippen MR) is 96.0 cm³/mol. The van der Waals surface area contributed by atoms with Crippen molar-refractivity contribution in [1.82, 2.24) is 0 Å². The average Bonchev–Trinajstić information content (AvgIpc) is 3.09. The lowest BCUT2D eigenvalue weighted by Gasteiger charge is -2.10. The van der Waals surface area contributed by atoms with E-state index in [0.29, 0.717) is 6.54 Å². The summed E-state index contributed by atoms with van der Waals surface area (Å²) in [5.74, 6) is 0.901. The SMILES string of the molecule is Brc1cc(CNc2ccc(SC3CCCC3)cc2)oc1Br. The van der Waals surface area contributed by atoms with Crippen LogP contribution in [-0.2, 0) is 6.54 Å². The summed E-state index contributed by atoms with van der Waals surface area (Å²) in [5, 5.41) is 4.20. The van der Waals surface area contributed by atoms with Crippen LogP contribution in [0.4, 0.5) is 5.69 Å². The van der Waals surface area contributed by atoms with Crippen LogP contribution in [0.3, 0.4) is 0 Å². The molecule has 0 bridgehead atoms. The first kappa shape index (κ1) is 15.5. The summed E-state index contributed by atoms with van der Waals surface area (Å²) >= 11 is 8.79. The normalized spacial score (nSPS) is 15.5. The van der Waals surface area contributed by atoms with Crippen LogP contribution >= 0.6 is 43.6 Å². The molecule has 1 fully saturated rings. The molecular formula is C16H17Br2NOS. The molecule has 2 aromatic rings. The van der Waals surface area contributed by atoms with Gasteiger partial charge in [0.15, 0.2) is 4.67 Å². The Kier molecular flexibility index (Phi) is 5.35. The van der Waals surface area contributed by atoms with Crippen molar-refractivity contribution in [3.63, 3.8) is 0 Å². The molecule has 1 heterocycles. The van der Waals surface area contributed by atoms with Gasteiger partial charge in [0.25, 0.3) is 0 Å². The molecule has 2 nitrogen and oxygen atoms in total. The minimum absolute atomic E-state index is 0.680. The van der Waals surface area contributed by atoms with E-state index in [9.17, 15) is 0 Å². The van der Waals surface area contributed by atoms with E-state index in [2.05, 4.69) is 61.4 Å². The molecule has 0 spiro atoms. The van der Waals surface area contributed by atoms with E-state index in [1.54, 1.807) is 0 Å². The van der Waals surface area contributed by atoms with E-state index in [0.717, 1.165) is 25.8 Å². The van der Waals surface area contributed by atoms with E-state index >= 15 is 0 Å². The lowest BCUT2D eigenvalue weighted by atomic mass is 10.3. The maximum absolute atomic E-state index is 5.55. The molecule has 0 unspecified atom stereocenters. The maximum Gasteiger partial charge on any atom is 0.183 e. The van der Waals surface area contributed by atoms with Crippen molar-refractivity contribution in [3.05, 3.63) is 45.2 Å². The van der Waals surface area contributed by atoms with Crippen LogP contribution in [0.1, 0.15) is 31.4 Å². The van der Waals surface area contributed by atoms with Gasteiger partial charge >= 0.3 is 0 Å². The summed E-state index contributed by atoms with van der Waals surface area (Å²) in [7, 11) is 0. The largest absolute Gasteiger partial charge is 0.451 e. The molecule has 0 radical (unpaired) electrons. The van der Waals surface area contributed by atoms with Crippen LogP contribution < -0.4 is 5.32 Å². The van der Waals surface area contributed by atoms with Crippen molar-refractivity contribution in [2.24, 2.45) is 0 Å². The Morgan fingerprint density at radius 2 is 1.86 bits per heavy atom. The zero-order valence-electron chi connectivity index (χ0n) is 11.6. The smallest absolute Gasteiger partial charge is 0.183 e. The number of halogens is 2. The highest BCUT2D eigenvalue weighted by atomic mass is 79.9. The van der Waals surface area contributed by atoms with Crippen molar-refractivity contribution < 1.29 is 4.42 Å². The Labute approximate surface area is 146 Å². The molecule has 1 aliphatic carbocycles. The van der Waals surface area contributed by atoms with Gasteiger partial charge in [0.05, 0.1) is 11.0 Å². The summed E-state index contributed by atoms with van der Waals surface area (Å²) in [4.78, 5) is 1.37. The van der Waals surface area contributed by atoms with E-state index in [1.165, 1.54) is 30.6 Å². The zero-order chi connectivity index (χ0) is 14.7. The number of rotatable bonds is 5. The number of furan rings is 1. The van der Waals surface area contributed by atoms with Crippen LogP contribution in [0.2, 0.25) is 0 Å². The topological polar surface area (TPSA) is 25.2 Å². The second kappa shape index (κ2) is 7.25. The first-order chi connectivity index (χ1) is 10.2. The molecule has 5 heteroatoms. The lowest BCUT2D eigenvalue weighted by molar-refractivity contribution is 0.494. The Morgan fingerprint density at radius 1 is 1.14 bits per heavy atom. The number of anilines is 1. The van der Waals surface area contributed by atoms with Crippen molar-refractivity contribution in [2.45, 2.75) is 42.4 Å². The molecule has 1 aliphatic rings. The summed E-state index contributed by atoms with van der Waals surface area (Å²) in [5.41, 5.74) is 1.12. The summed E-state index contributed by atoms with van der Waals surface area (Å²) in [6.45, 7) is 0.680. The molecule has 0 amide bonds. The number of nitrogens with one attached hydrogen (secondary N) is 1. The van der Waals surface area contributed by atoms with Crippen LogP contribution in [0.25, 0.3) is 0 Å². The molecule has 1 N–H and O–H groups in total. The molecule has 0 saturated heterocycles. The molecule has 0 atom stereocenters. The molecule has 1 aromatic carbocycles. The third kappa shape index (κ3) is 4.30. The Morgan fingerprint density at radius 3 is 2.48 bits per heavy atom. The molecule has 1 aromatic heterocycles. The minimum atomic E-state index is 0.680. The highest BCUT2D eigenvalue weighted by Gasteiger charge is 2.15. The van der Waals surface area contributed by atoms with Gasteiger partial charge in [-0.15, -0.1) is 11.8 Å². The highest BCUT2D eigenvalue weighted by molar-refractivity contribution is 9.13. The van der Waals surface area contributed by atoms with Crippen molar-refractivity contribution in [1.29, 1.82) is 0 Å². The Balaban J connectivity index is 1.54. The Bertz CT molecular complexity index is 571. The fraction of sp³-hybridized carbons (Fsp3) is 0.375. The zero-order valence-corrected chi connectivity index (χ0v) is 15.6. The minimum Gasteiger partial charge on any atom is -0.451 e. The van der Waals surface area contributed by atoms with E-state index in [4.69, 9.17) is 4.42 Å². The van der Waals surface area contributed by atoms with Crippen LogP contribution in [0.5, 0.6) is 0 Å². The number of benzene rings is 1. The van der Waals surface area contributed by atoms with Gasteiger partial charge in [-0.05, 0) is 75.0 Å². The van der Waals surface area contributed by atoms with Gasteiger partial charge in [-0.3, -0.25) is 0 Å². The van der Waals surface area contributed by atoms with Crippen LogP contribution in [0.15, 0.2) is 48.8 Å². The van der Waals surface area contributed by atoms with Gasteiger partial charge in [0.2, 0.25) is 0 Å².